The quantitative estimate of drug-likeness (QED) is 0.158. The largest absolute Gasteiger partial charge is 0.512 e. The van der Waals surface area contributed by atoms with Crippen LogP contribution in [-0.2, 0) is 19.8 Å². The summed E-state index contributed by atoms with van der Waals surface area (Å²) in [6.45, 7) is 22.0. The number of aliphatic hydroxyl groups excluding tert-OH is 1. The highest BCUT2D eigenvalue weighted by Gasteiger charge is 2.67. The molecule has 0 bridgehead atoms. The second-order valence-electron chi connectivity index (χ2n) is 15.1. The molecule has 0 aromatic heterocycles. The Morgan fingerprint density at radius 2 is 1.56 bits per heavy atom. The highest BCUT2D eigenvalue weighted by molar-refractivity contribution is 8.13. The first-order valence-electron chi connectivity index (χ1n) is 15.6. The first-order valence-corrected chi connectivity index (χ1v) is 16.5. The average molecular weight is 609 g/mol. The van der Waals surface area contributed by atoms with Gasteiger partial charge in [-0.15, -0.1) is 0 Å². The van der Waals surface area contributed by atoms with Gasteiger partial charge in [-0.3, -0.25) is 14.4 Å². The number of thioether (sulfide) groups is 1. The molecule has 0 amide bonds. The number of hydrogen-bond acceptors (Lipinski definition) is 7. The van der Waals surface area contributed by atoms with E-state index < -0.39 is 11.9 Å². The molecule has 1 aromatic rings. The highest BCUT2D eigenvalue weighted by atomic mass is 32.2. The minimum atomic E-state index is -0.498. The van der Waals surface area contributed by atoms with Crippen molar-refractivity contribution >= 4 is 28.8 Å². The maximum absolute atomic E-state index is 12.7. The van der Waals surface area contributed by atoms with Crippen molar-refractivity contribution in [1.29, 1.82) is 0 Å². The Hall–Kier alpha value is -2.54. The second-order valence-corrected chi connectivity index (χ2v) is 16.4. The third-order valence-corrected chi connectivity index (χ3v) is 13.5. The summed E-state index contributed by atoms with van der Waals surface area (Å²) in [6, 6.07) is 1.90. The molecule has 234 valence electrons. The smallest absolute Gasteiger partial charge is 0.308 e. The van der Waals surface area contributed by atoms with Crippen LogP contribution in [0, 0.1) is 34.5 Å². The van der Waals surface area contributed by atoms with Gasteiger partial charge in [0.2, 0.25) is 0 Å². The van der Waals surface area contributed by atoms with E-state index in [1.807, 2.05) is 13.0 Å². The topological polar surface area (TPSA) is 89.9 Å². The first-order chi connectivity index (χ1) is 19.8. The Labute approximate surface area is 261 Å². The second kappa shape index (κ2) is 10.3. The third kappa shape index (κ3) is 4.71. The van der Waals surface area contributed by atoms with E-state index in [1.54, 1.807) is 6.92 Å². The molecule has 7 heteroatoms. The Bertz CT molecular complexity index is 1460. The third-order valence-electron chi connectivity index (χ3n) is 12.5. The van der Waals surface area contributed by atoms with Crippen molar-refractivity contribution in [3.8, 4) is 11.5 Å². The van der Waals surface area contributed by atoms with Crippen LogP contribution in [-0.4, -0.2) is 22.2 Å². The fraction of sp³-hybridized carbons (Fsp3) is 0.639. The fourth-order valence-electron chi connectivity index (χ4n) is 9.70. The van der Waals surface area contributed by atoms with Gasteiger partial charge in [0.25, 0.3) is 0 Å². The number of carbonyl (C=O) groups excluding carboxylic acids is 3. The molecule has 6 nitrogen and oxygen atoms in total. The summed E-state index contributed by atoms with van der Waals surface area (Å²) in [7, 11) is 0. The maximum Gasteiger partial charge on any atom is 0.308 e. The van der Waals surface area contributed by atoms with E-state index in [4.69, 9.17) is 9.47 Å². The minimum Gasteiger partial charge on any atom is -0.512 e. The average Bonchev–Trinajstić information content (AvgIpc) is 2.89. The highest BCUT2D eigenvalue weighted by Crippen LogP contribution is 2.75. The monoisotopic (exact) mass is 608 g/mol. The zero-order valence-corrected chi connectivity index (χ0v) is 28.2. The van der Waals surface area contributed by atoms with Gasteiger partial charge in [-0.1, -0.05) is 64.6 Å². The van der Waals surface area contributed by atoms with Gasteiger partial charge in [0, 0.05) is 37.2 Å². The van der Waals surface area contributed by atoms with Gasteiger partial charge >= 0.3 is 11.9 Å². The number of carbonyl (C=O) groups is 3. The summed E-state index contributed by atoms with van der Waals surface area (Å²) in [5.74, 6) is 0.194. The predicted octanol–water partition coefficient (Wildman–Crippen LogP) is 8.85. The van der Waals surface area contributed by atoms with E-state index in [2.05, 4.69) is 47.3 Å². The fourth-order valence-corrected chi connectivity index (χ4v) is 10.7. The van der Waals surface area contributed by atoms with Crippen LogP contribution in [0.15, 0.2) is 30.1 Å². The van der Waals surface area contributed by atoms with Crippen LogP contribution in [0.5, 0.6) is 11.5 Å². The van der Waals surface area contributed by atoms with Crippen LogP contribution in [0.3, 0.4) is 0 Å². The lowest BCUT2D eigenvalue weighted by Gasteiger charge is -2.70. The number of rotatable bonds is 4. The first kappa shape index (κ1) is 31.9. The zero-order chi connectivity index (χ0) is 31.9. The number of benzene rings is 1. The number of ether oxygens (including phenoxy) is 2. The Balaban J connectivity index is 1.72. The molecule has 5 rings (SSSR count). The summed E-state index contributed by atoms with van der Waals surface area (Å²) < 4.78 is 11.3. The normalized spacial score (nSPS) is 37.9. The number of hydrogen-bond donors (Lipinski definition) is 1. The summed E-state index contributed by atoms with van der Waals surface area (Å²) in [4.78, 5) is 37.0. The lowest BCUT2D eigenvalue weighted by molar-refractivity contribution is -0.157. The van der Waals surface area contributed by atoms with Crippen LogP contribution >= 0.6 is 11.8 Å². The molecular formula is C36H48O6S. The Kier molecular flexibility index (Phi) is 7.60. The summed E-state index contributed by atoms with van der Waals surface area (Å²) >= 11 is 1.29. The maximum atomic E-state index is 12.7. The summed E-state index contributed by atoms with van der Waals surface area (Å²) in [5.41, 5.74) is 3.43. The van der Waals surface area contributed by atoms with E-state index in [0.717, 1.165) is 61.6 Å². The van der Waals surface area contributed by atoms with Crippen molar-refractivity contribution in [2.75, 3.05) is 0 Å². The van der Waals surface area contributed by atoms with Gasteiger partial charge in [-0.25, -0.2) is 0 Å². The van der Waals surface area contributed by atoms with Crippen LogP contribution in [0.4, 0.5) is 0 Å². The minimum absolute atomic E-state index is 0.0124. The molecule has 0 spiro atoms. The molecule has 4 aliphatic carbocycles. The van der Waals surface area contributed by atoms with Crippen molar-refractivity contribution in [2.24, 2.45) is 27.6 Å². The molecule has 1 N–H and O–H groups in total. The number of fused-ring (bicyclic) bond motifs is 7. The standard InChI is InChI=1S/C36H48O6S/c1-20-30-25(17-26(41-22(3)38)31(20)42-23(4)39)34(8)14-16-36(10)29-19-33(7,21(2)37)12-11-32(29,6)13-15-35(36,9)28(34)18-27(30)43-24(5)40/h17-18,27,29,37H,2,11-16,19H2,1,3-10H3/t27?,29-,32-,33-,34+,35-,36+/m1/s1. The van der Waals surface area contributed by atoms with Crippen molar-refractivity contribution in [3.63, 3.8) is 0 Å². The molecule has 7 atom stereocenters. The lowest BCUT2D eigenvalue weighted by atomic mass is 9.34. The SMILES string of the molecule is C=C(O)[C@]1(C)CC[C@]2(C)CC[C@]3(C)C4=CC(SC(C)=O)c5c(cc(OC(C)=O)c(OC(C)=O)c5C)[C@]4(C)CC[C@@]3(C)[C@@H]2C1. The number of aliphatic hydroxyl groups is 1. The number of allylic oxidation sites excluding steroid dienone is 2. The van der Waals surface area contributed by atoms with Crippen molar-refractivity contribution in [1.82, 2.24) is 0 Å². The zero-order valence-electron chi connectivity index (χ0n) is 27.4. The Morgan fingerprint density at radius 1 is 0.930 bits per heavy atom. The van der Waals surface area contributed by atoms with Crippen molar-refractivity contribution in [3.05, 3.63) is 46.7 Å². The van der Waals surface area contributed by atoms with Gasteiger partial charge in [-0.2, -0.15) is 0 Å². The van der Waals surface area contributed by atoms with Gasteiger partial charge in [0.15, 0.2) is 16.6 Å². The molecule has 1 unspecified atom stereocenters. The van der Waals surface area contributed by atoms with E-state index in [9.17, 15) is 19.5 Å². The molecule has 0 aliphatic heterocycles. The van der Waals surface area contributed by atoms with Gasteiger partial charge in [-0.05, 0) is 91.2 Å². The predicted molar refractivity (Wildman–Crippen MR) is 170 cm³/mol. The number of esters is 2. The van der Waals surface area contributed by atoms with E-state index in [0.29, 0.717) is 11.7 Å². The van der Waals surface area contributed by atoms with Crippen LogP contribution in [0.2, 0.25) is 0 Å². The van der Waals surface area contributed by atoms with Gasteiger partial charge in [0.05, 0.1) is 11.0 Å². The molecule has 0 radical (unpaired) electrons. The van der Waals surface area contributed by atoms with Crippen LogP contribution in [0.1, 0.15) is 122 Å². The van der Waals surface area contributed by atoms with E-state index >= 15 is 0 Å². The molecule has 43 heavy (non-hydrogen) atoms. The molecule has 3 saturated carbocycles. The van der Waals surface area contributed by atoms with Crippen LogP contribution < -0.4 is 9.47 Å². The van der Waals surface area contributed by atoms with Gasteiger partial charge < -0.3 is 14.6 Å². The molecule has 3 fully saturated rings. The molecular weight excluding hydrogens is 560 g/mol. The molecule has 1 aromatic carbocycles. The van der Waals surface area contributed by atoms with E-state index in [-0.39, 0.29) is 48.9 Å². The summed E-state index contributed by atoms with van der Waals surface area (Å²) in [6.07, 6.45) is 9.33. The molecule has 0 heterocycles. The molecule has 4 aliphatic rings. The van der Waals surface area contributed by atoms with Crippen molar-refractivity contribution in [2.45, 2.75) is 118 Å². The molecule has 0 saturated heterocycles. The Morgan fingerprint density at radius 3 is 2.14 bits per heavy atom. The summed E-state index contributed by atoms with van der Waals surface area (Å²) in [5, 5.41) is 10.4. The van der Waals surface area contributed by atoms with E-state index in [1.165, 1.54) is 31.2 Å². The van der Waals surface area contributed by atoms with Crippen molar-refractivity contribution < 1.29 is 29.0 Å². The van der Waals surface area contributed by atoms with Crippen LogP contribution in [0.25, 0.3) is 0 Å². The van der Waals surface area contributed by atoms with Gasteiger partial charge in [0.1, 0.15) is 0 Å². The lowest BCUT2D eigenvalue weighted by Crippen LogP contribution is -2.62.